The van der Waals surface area contributed by atoms with Crippen molar-refractivity contribution in [1.82, 2.24) is 29.9 Å². The van der Waals surface area contributed by atoms with Gasteiger partial charge >= 0.3 is 0 Å². The molecule has 13 aromatic rings. The van der Waals surface area contributed by atoms with E-state index < -0.39 is 0 Å². The molecule has 90 heavy (non-hydrogen) atoms. The lowest BCUT2D eigenvalue weighted by Gasteiger charge is -2.49. The maximum Gasteiger partial charge on any atom is 0.164 e. The monoisotopic (exact) mass is 1160 g/mol. The first-order valence-electron chi connectivity index (χ1n) is 31.2. The van der Waals surface area contributed by atoms with E-state index in [1.807, 2.05) is 97.1 Å². The quantitative estimate of drug-likeness (QED) is 0.143. The van der Waals surface area contributed by atoms with Crippen LogP contribution in [0.2, 0.25) is 0 Å². The lowest BCUT2D eigenvalue weighted by molar-refractivity contribution is 0.299. The van der Waals surface area contributed by atoms with Gasteiger partial charge in [0.2, 0.25) is 0 Å². The average Bonchev–Trinajstić information content (AvgIpc) is 0.724. The summed E-state index contributed by atoms with van der Waals surface area (Å²) in [7, 11) is 0. The smallest absolute Gasteiger partial charge is 0.164 e. The number of aromatic nitrogens is 6. The van der Waals surface area contributed by atoms with Crippen molar-refractivity contribution < 1.29 is 0 Å². The number of nitrogens with zero attached hydrogens (tertiary/aromatic N) is 6. The van der Waals surface area contributed by atoms with E-state index in [-0.39, 0.29) is 21.7 Å². The molecule has 0 N–H and O–H groups in total. The minimum Gasteiger partial charge on any atom is -0.208 e. The molecule has 0 atom stereocenters. The summed E-state index contributed by atoms with van der Waals surface area (Å²) in [5.41, 5.74) is 23.2. The molecule has 11 aromatic carbocycles. The average molecular weight is 1160 g/mol. The van der Waals surface area contributed by atoms with Crippen LogP contribution in [0.15, 0.2) is 279 Å². The molecule has 0 saturated carbocycles. The van der Waals surface area contributed by atoms with Crippen molar-refractivity contribution in [2.45, 2.75) is 77.0 Å². The van der Waals surface area contributed by atoms with Crippen molar-refractivity contribution in [1.29, 1.82) is 0 Å². The standard InChI is InChI=1S/C45H37N3.C39H33N3/c1-44(2)38-25-15-24-36(40(38)37-27-26-33(29-39(37)45(44,3)4)30-16-8-5-9-17-30)34-22-14-23-35(28-34)43-47-41(31-18-10-6-11-19-31)46-42(48-43)32-20-12-7-13-21-32;1-38(2)32-22-14-21-31(34(32)30-24-23-29(25-33(30)39(38,3)4)26-15-8-5-9-16-26)37-41-35(27-17-10-6-11-18-27)40-36(42-37)28-19-12-7-13-20-28/h5-29H,1-4H3;5-25H,1-4H3. The van der Waals surface area contributed by atoms with Crippen molar-refractivity contribution in [3.05, 3.63) is 301 Å². The van der Waals surface area contributed by atoms with E-state index in [0.29, 0.717) is 34.9 Å². The van der Waals surface area contributed by atoms with Crippen LogP contribution >= 0.6 is 0 Å². The molecule has 0 saturated heterocycles. The Balaban J connectivity index is 0.000000159. The molecule has 0 amide bonds. The molecule has 0 bridgehead atoms. The van der Waals surface area contributed by atoms with Gasteiger partial charge in [0.1, 0.15) is 0 Å². The zero-order chi connectivity index (χ0) is 61.8. The summed E-state index contributed by atoms with van der Waals surface area (Å²) >= 11 is 0. The zero-order valence-electron chi connectivity index (χ0n) is 52.2. The molecule has 6 nitrogen and oxygen atoms in total. The van der Waals surface area contributed by atoms with Crippen molar-refractivity contribution in [2.75, 3.05) is 0 Å². The van der Waals surface area contributed by atoms with Crippen LogP contribution in [0, 0.1) is 0 Å². The lowest BCUT2D eigenvalue weighted by Crippen LogP contribution is -2.43. The summed E-state index contributed by atoms with van der Waals surface area (Å²) in [6, 6.07) is 98.0. The zero-order valence-corrected chi connectivity index (χ0v) is 52.2. The van der Waals surface area contributed by atoms with E-state index in [2.05, 4.69) is 237 Å². The molecule has 0 radical (unpaired) electrons. The third-order valence-electron chi connectivity index (χ3n) is 19.8. The van der Waals surface area contributed by atoms with Gasteiger partial charge in [0, 0.05) is 33.4 Å². The molecule has 436 valence electrons. The molecule has 6 heteroatoms. The van der Waals surface area contributed by atoms with Gasteiger partial charge in [-0.3, -0.25) is 0 Å². The maximum absolute atomic E-state index is 5.11. The number of hydrogen-bond donors (Lipinski definition) is 0. The van der Waals surface area contributed by atoms with Gasteiger partial charge in [0.15, 0.2) is 34.9 Å². The fourth-order valence-corrected chi connectivity index (χ4v) is 13.4. The lowest BCUT2D eigenvalue weighted by atomic mass is 9.54. The van der Waals surface area contributed by atoms with Gasteiger partial charge in [-0.15, -0.1) is 0 Å². The Hall–Kier alpha value is -10.6. The maximum atomic E-state index is 5.11. The molecule has 0 fully saturated rings. The van der Waals surface area contributed by atoms with E-state index in [1.54, 1.807) is 0 Å². The van der Waals surface area contributed by atoms with Gasteiger partial charge < -0.3 is 0 Å². The molecular formula is C84H70N6. The molecule has 0 unspecified atom stereocenters. The molecule has 2 aromatic heterocycles. The van der Waals surface area contributed by atoms with Crippen LogP contribution in [0.25, 0.3) is 124 Å². The van der Waals surface area contributed by atoms with Crippen LogP contribution in [0.3, 0.4) is 0 Å². The van der Waals surface area contributed by atoms with Crippen LogP contribution in [-0.4, -0.2) is 29.9 Å². The van der Waals surface area contributed by atoms with Crippen LogP contribution < -0.4 is 0 Å². The fraction of sp³-hybridized carbons (Fsp3) is 0.143. The summed E-state index contributed by atoms with van der Waals surface area (Å²) in [5.74, 6) is 4.01. The van der Waals surface area contributed by atoms with Gasteiger partial charge in [-0.05, 0) is 118 Å². The van der Waals surface area contributed by atoms with Crippen LogP contribution in [0.5, 0.6) is 0 Å². The molecule has 0 spiro atoms. The van der Waals surface area contributed by atoms with Crippen LogP contribution in [0.4, 0.5) is 0 Å². The summed E-state index contributed by atoms with van der Waals surface area (Å²) in [6.45, 7) is 19.1. The second-order valence-corrected chi connectivity index (χ2v) is 25.9. The van der Waals surface area contributed by atoms with Crippen LogP contribution in [0.1, 0.15) is 77.6 Å². The molecule has 0 aliphatic heterocycles. The van der Waals surface area contributed by atoms with Gasteiger partial charge in [0.25, 0.3) is 0 Å². The summed E-state index contributed by atoms with van der Waals surface area (Å²) < 4.78 is 0. The summed E-state index contributed by atoms with van der Waals surface area (Å²) in [4.78, 5) is 30.1. The first kappa shape index (κ1) is 57.2. The number of rotatable bonds is 9. The second-order valence-electron chi connectivity index (χ2n) is 25.9. The van der Waals surface area contributed by atoms with Crippen molar-refractivity contribution >= 4 is 0 Å². The predicted octanol–water partition coefficient (Wildman–Crippen LogP) is 21.2. The molecular weight excluding hydrogens is 1090 g/mol. The summed E-state index contributed by atoms with van der Waals surface area (Å²) in [6.07, 6.45) is 0. The highest BCUT2D eigenvalue weighted by atomic mass is 15.0. The first-order valence-corrected chi connectivity index (χ1v) is 31.2. The highest BCUT2D eigenvalue weighted by Gasteiger charge is 2.48. The van der Waals surface area contributed by atoms with E-state index in [4.69, 9.17) is 29.9 Å². The third kappa shape index (κ3) is 10.1. The highest BCUT2D eigenvalue weighted by Crippen LogP contribution is 2.58. The van der Waals surface area contributed by atoms with Gasteiger partial charge in [-0.2, -0.15) is 0 Å². The minimum atomic E-state index is -0.141. The Morgan fingerprint density at radius 3 is 0.833 bits per heavy atom. The molecule has 15 rings (SSSR count). The Kier molecular flexibility index (Phi) is 14.5. The van der Waals surface area contributed by atoms with Crippen molar-refractivity contribution in [3.63, 3.8) is 0 Å². The topological polar surface area (TPSA) is 77.3 Å². The Morgan fingerprint density at radius 1 is 0.178 bits per heavy atom. The van der Waals surface area contributed by atoms with Crippen molar-refractivity contribution in [2.24, 2.45) is 0 Å². The number of fused-ring (bicyclic) bond motifs is 6. The van der Waals surface area contributed by atoms with E-state index in [1.165, 1.54) is 72.3 Å². The summed E-state index contributed by atoms with van der Waals surface area (Å²) in [5, 5.41) is 0. The van der Waals surface area contributed by atoms with E-state index in [0.717, 1.165) is 38.9 Å². The van der Waals surface area contributed by atoms with Gasteiger partial charge in [-0.25, -0.2) is 29.9 Å². The molecule has 2 heterocycles. The Labute approximate surface area is 529 Å². The van der Waals surface area contributed by atoms with Gasteiger partial charge in [-0.1, -0.05) is 316 Å². The number of benzene rings is 11. The fourth-order valence-electron chi connectivity index (χ4n) is 13.4. The first-order chi connectivity index (χ1) is 43.7. The van der Waals surface area contributed by atoms with E-state index >= 15 is 0 Å². The highest BCUT2D eigenvalue weighted by molar-refractivity contribution is 5.93. The normalized spacial score (nSPS) is 14.4. The largest absolute Gasteiger partial charge is 0.208 e. The van der Waals surface area contributed by atoms with Crippen molar-refractivity contribution in [3.8, 4) is 124 Å². The van der Waals surface area contributed by atoms with Crippen LogP contribution in [-0.2, 0) is 21.7 Å². The second kappa shape index (κ2) is 22.9. The predicted molar refractivity (Wildman–Crippen MR) is 372 cm³/mol. The molecule has 2 aliphatic carbocycles. The minimum absolute atomic E-state index is 0.0901. The van der Waals surface area contributed by atoms with E-state index in [9.17, 15) is 0 Å². The Bertz CT molecular complexity index is 4670. The molecule has 2 aliphatic rings. The van der Waals surface area contributed by atoms with Gasteiger partial charge in [0.05, 0.1) is 0 Å². The SMILES string of the molecule is CC1(C)c2cc(-c3ccccc3)ccc2-c2c(-c3cccc(-c4nc(-c5ccccc5)nc(-c5ccccc5)n4)c3)cccc2C1(C)C.CC1(C)c2cc(-c3ccccc3)ccc2-c2c(-c3nc(-c4ccccc4)nc(-c4ccccc4)n3)cccc2C1(C)C. The third-order valence-corrected chi connectivity index (χ3v) is 19.8. The number of hydrogen-bond acceptors (Lipinski definition) is 6. The Morgan fingerprint density at radius 2 is 0.456 bits per heavy atom.